The van der Waals surface area contributed by atoms with Gasteiger partial charge in [-0.1, -0.05) is 61.9 Å². The molecule has 0 fully saturated rings. The summed E-state index contributed by atoms with van der Waals surface area (Å²) in [6.45, 7) is 5.84. The zero-order valence-electron chi connectivity index (χ0n) is 15.9. The Morgan fingerprint density at radius 2 is 1.96 bits per heavy atom. The van der Waals surface area contributed by atoms with Crippen LogP contribution in [0.3, 0.4) is 0 Å². The third-order valence-electron chi connectivity index (χ3n) is 4.29. The average molecular weight is 391 g/mol. The molecule has 2 rings (SSSR count). The number of hydrogen-bond donors (Lipinski definition) is 2. The Kier molecular flexibility index (Phi) is 7.23. The highest BCUT2D eigenvalue weighted by molar-refractivity contribution is 7.99. The molecule has 27 heavy (non-hydrogen) atoms. The van der Waals surface area contributed by atoms with Gasteiger partial charge >= 0.3 is 5.97 Å². The number of amides is 1. The van der Waals surface area contributed by atoms with Gasteiger partial charge in [-0.15, -0.1) is 10.2 Å². The van der Waals surface area contributed by atoms with E-state index >= 15 is 0 Å². The summed E-state index contributed by atoms with van der Waals surface area (Å²) in [6, 6.07) is 7.08. The molecular weight excluding hydrogens is 366 g/mol. The minimum atomic E-state index is -0.674. The molecule has 0 unspecified atom stereocenters. The molecule has 0 aliphatic carbocycles. The monoisotopic (exact) mass is 391 g/mol. The fourth-order valence-electron chi connectivity index (χ4n) is 2.42. The Hall–Kier alpha value is -2.55. The molecule has 2 aromatic rings. The largest absolute Gasteiger partial charge is 0.467 e. The van der Waals surface area contributed by atoms with Gasteiger partial charge in [0.2, 0.25) is 11.1 Å². The second-order valence-electron chi connectivity index (χ2n) is 6.28. The minimum absolute atomic E-state index is 0.0299. The molecule has 1 heterocycles. The lowest BCUT2D eigenvalue weighted by Crippen LogP contribution is -2.46. The first kappa shape index (κ1) is 20.8. The fourth-order valence-corrected chi connectivity index (χ4v) is 3.08. The summed E-state index contributed by atoms with van der Waals surface area (Å²) in [4.78, 5) is 24.1. The number of thioether (sulfide) groups is 1. The number of nitrogens with two attached hydrogens (primary N) is 1. The van der Waals surface area contributed by atoms with E-state index in [1.165, 1.54) is 11.8 Å². The Balaban J connectivity index is 2.01. The summed E-state index contributed by atoms with van der Waals surface area (Å²) in [5.74, 6) is 5.87. The fraction of sp³-hybridized carbons (Fsp3) is 0.444. The van der Waals surface area contributed by atoms with E-state index < -0.39 is 12.0 Å². The van der Waals surface area contributed by atoms with Gasteiger partial charge in [-0.05, 0) is 12.8 Å². The van der Waals surface area contributed by atoms with E-state index in [9.17, 15) is 9.59 Å². The van der Waals surface area contributed by atoms with Gasteiger partial charge in [-0.2, -0.15) is 0 Å². The summed E-state index contributed by atoms with van der Waals surface area (Å²) in [6.07, 6.45) is 0.740. The van der Waals surface area contributed by atoms with Gasteiger partial charge < -0.3 is 15.9 Å². The lowest BCUT2D eigenvalue weighted by atomic mass is 9.99. The molecule has 0 aliphatic heterocycles. The van der Waals surface area contributed by atoms with Gasteiger partial charge in [0.15, 0.2) is 5.82 Å². The molecule has 3 N–H and O–H groups in total. The molecule has 1 aromatic heterocycles. The number of methoxy groups -OCH3 is 1. The van der Waals surface area contributed by atoms with Crippen molar-refractivity contribution < 1.29 is 14.3 Å². The van der Waals surface area contributed by atoms with Gasteiger partial charge in [-0.25, -0.2) is 9.47 Å². The van der Waals surface area contributed by atoms with Crippen molar-refractivity contribution >= 4 is 23.6 Å². The number of aryl methyl sites for hydroxylation is 1. The SMILES string of the molecule is CC[C@@H](C)[C@@H](NC(=O)CSc1nnc(-c2ccc(C)cc2)n1N)C(=O)OC. The van der Waals surface area contributed by atoms with Crippen LogP contribution in [0.4, 0.5) is 0 Å². The van der Waals surface area contributed by atoms with Gasteiger partial charge in [0.1, 0.15) is 6.04 Å². The Morgan fingerprint density at radius 3 is 2.56 bits per heavy atom. The molecule has 0 radical (unpaired) electrons. The van der Waals surface area contributed by atoms with Crippen molar-refractivity contribution in [3.05, 3.63) is 29.8 Å². The summed E-state index contributed by atoms with van der Waals surface area (Å²) in [5.41, 5.74) is 1.98. The van der Waals surface area contributed by atoms with Crippen LogP contribution in [0.5, 0.6) is 0 Å². The van der Waals surface area contributed by atoms with Crippen molar-refractivity contribution in [3.63, 3.8) is 0 Å². The van der Waals surface area contributed by atoms with Crippen LogP contribution >= 0.6 is 11.8 Å². The summed E-state index contributed by atoms with van der Waals surface area (Å²) in [5, 5.41) is 11.3. The van der Waals surface area contributed by atoms with Crippen LogP contribution in [0.2, 0.25) is 0 Å². The van der Waals surface area contributed by atoms with Crippen LogP contribution in [0.25, 0.3) is 11.4 Å². The van der Waals surface area contributed by atoms with E-state index in [0.717, 1.165) is 29.3 Å². The minimum Gasteiger partial charge on any atom is -0.467 e. The number of nitrogens with zero attached hydrogens (tertiary/aromatic N) is 3. The lowest BCUT2D eigenvalue weighted by molar-refractivity contribution is -0.146. The highest BCUT2D eigenvalue weighted by atomic mass is 32.2. The highest BCUT2D eigenvalue weighted by Gasteiger charge is 2.26. The maximum atomic E-state index is 12.3. The number of nitrogens with one attached hydrogen (secondary N) is 1. The maximum Gasteiger partial charge on any atom is 0.328 e. The van der Waals surface area contributed by atoms with Crippen molar-refractivity contribution in [1.82, 2.24) is 20.2 Å². The van der Waals surface area contributed by atoms with Crippen LogP contribution in [0.15, 0.2) is 29.4 Å². The van der Waals surface area contributed by atoms with E-state index in [1.54, 1.807) is 0 Å². The lowest BCUT2D eigenvalue weighted by Gasteiger charge is -2.21. The summed E-state index contributed by atoms with van der Waals surface area (Å²) in [7, 11) is 1.31. The van der Waals surface area contributed by atoms with E-state index in [4.69, 9.17) is 10.6 Å². The number of ether oxygens (including phenoxy) is 1. The molecule has 1 amide bonds. The zero-order valence-corrected chi connectivity index (χ0v) is 16.7. The standard InChI is InChI=1S/C18H25N5O3S/c1-5-12(3)15(17(25)26-4)20-14(24)10-27-18-22-21-16(23(18)19)13-8-6-11(2)7-9-13/h6-9,12,15H,5,10,19H2,1-4H3,(H,20,24)/t12-,15-/m1/s1. The van der Waals surface area contributed by atoms with Crippen molar-refractivity contribution in [1.29, 1.82) is 0 Å². The number of benzene rings is 1. The predicted molar refractivity (Wildman–Crippen MR) is 104 cm³/mol. The van der Waals surface area contributed by atoms with E-state index in [2.05, 4.69) is 15.5 Å². The molecule has 0 aliphatic rings. The maximum absolute atomic E-state index is 12.3. The highest BCUT2D eigenvalue weighted by Crippen LogP contribution is 2.22. The Bertz CT molecular complexity index is 791. The number of carbonyl (C=O) groups is 2. The average Bonchev–Trinajstić information content (AvgIpc) is 3.04. The molecule has 2 atom stereocenters. The third-order valence-corrected chi connectivity index (χ3v) is 5.23. The van der Waals surface area contributed by atoms with Crippen LogP contribution in [-0.4, -0.2) is 45.7 Å². The molecule has 146 valence electrons. The molecule has 0 bridgehead atoms. The quantitative estimate of drug-likeness (QED) is 0.400. The number of hydrogen-bond acceptors (Lipinski definition) is 7. The molecule has 9 heteroatoms. The molecule has 8 nitrogen and oxygen atoms in total. The number of carbonyl (C=O) groups excluding carboxylic acids is 2. The number of rotatable bonds is 8. The third kappa shape index (κ3) is 5.22. The summed E-state index contributed by atoms with van der Waals surface area (Å²) < 4.78 is 6.13. The van der Waals surface area contributed by atoms with Crippen LogP contribution in [-0.2, 0) is 14.3 Å². The van der Waals surface area contributed by atoms with E-state index in [-0.39, 0.29) is 17.6 Å². The normalized spacial score (nSPS) is 13.0. The second-order valence-corrected chi connectivity index (χ2v) is 7.23. The van der Waals surface area contributed by atoms with Crippen molar-refractivity contribution in [3.8, 4) is 11.4 Å². The van der Waals surface area contributed by atoms with Crippen LogP contribution in [0.1, 0.15) is 25.8 Å². The molecule has 0 spiro atoms. The van der Waals surface area contributed by atoms with Crippen LogP contribution < -0.4 is 11.2 Å². The Morgan fingerprint density at radius 1 is 1.30 bits per heavy atom. The van der Waals surface area contributed by atoms with Crippen molar-refractivity contribution in [2.45, 2.75) is 38.4 Å². The van der Waals surface area contributed by atoms with Gasteiger partial charge in [0.25, 0.3) is 0 Å². The smallest absolute Gasteiger partial charge is 0.328 e. The summed E-state index contributed by atoms with van der Waals surface area (Å²) >= 11 is 1.15. The van der Waals surface area contributed by atoms with E-state index in [1.807, 2.05) is 45.0 Å². The first-order valence-corrected chi connectivity index (χ1v) is 9.63. The van der Waals surface area contributed by atoms with Crippen LogP contribution in [0, 0.1) is 12.8 Å². The zero-order chi connectivity index (χ0) is 20.0. The van der Waals surface area contributed by atoms with Gasteiger partial charge in [-0.3, -0.25) is 4.79 Å². The molecule has 0 saturated heterocycles. The molecule has 0 saturated carbocycles. The number of esters is 1. The first-order valence-electron chi connectivity index (χ1n) is 8.64. The van der Waals surface area contributed by atoms with Gasteiger partial charge in [0.05, 0.1) is 12.9 Å². The van der Waals surface area contributed by atoms with Gasteiger partial charge in [0, 0.05) is 5.56 Å². The number of aromatic nitrogens is 3. The van der Waals surface area contributed by atoms with E-state index in [0.29, 0.717) is 11.0 Å². The van der Waals surface area contributed by atoms with Crippen molar-refractivity contribution in [2.75, 3.05) is 18.7 Å². The first-order chi connectivity index (χ1) is 12.9. The number of nitrogen functional groups attached to an aromatic ring is 1. The topological polar surface area (TPSA) is 112 Å². The Labute approximate surface area is 162 Å². The predicted octanol–water partition coefficient (Wildman–Crippen LogP) is 1.76. The molecular formula is C18H25N5O3S. The second kappa shape index (κ2) is 9.40. The van der Waals surface area contributed by atoms with Crippen molar-refractivity contribution in [2.24, 2.45) is 5.92 Å². The molecule has 1 aromatic carbocycles.